The van der Waals surface area contributed by atoms with Gasteiger partial charge in [0.05, 0.1) is 22.6 Å². The van der Waals surface area contributed by atoms with E-state index in [0.717, 1.165) is 38.1 Å². The fourth-order valence-corrected chi connectivity index (χ4v) is 5.45. The van der Waals surface area contributed by atoms with E-state index in [1.807, 2.05) is 12.1 Å². The van der Waals surface area contributed by atoms with E-state index in [4.69, 9.17) is 10.2 Å². The minimum atomic E-state index is -4.56. The third kappa shape index (κ3) is 8.82. The van der Waals surface area contributed by atoms with E-state index < -0.39 is 41.5 Å². The van der Waals surface area contributed by atoms with Gasteiger partial charge in [-0.15, -0.1) is 0 Å². The van der Waals surface area contributed by atoms with Gasteiger partial charge in [0.25, 0.3) is 0 Å². The highest BCUT2D eigenvalue weighted by Gasteiger charge is 2.40. The second-order valence-electron chi connectivity index (χ2n) is 10.5. The van der Waals surface area contributed by atoms with Crippen LogP contribution in [0, 0.1) is 0 Å². The molecular formula is C32H33F3N2O8. The van der Waals surface area contributed by atoms with E-state index in [1.54, 1.807) is 18.9 Å². The first-order chi connectivity index (χ1) is 21.1. The van der Waals surface area contributed by atoms with Crippen LogP contribution in [-0.2, 0) is 38.2 Å². The lowest BCUT2D eigenvalue weighted by Crippen LogP contribution is -2.35. The maximum Gasteiger partial charge on any atom is 0.416 e. The summed E-state index contributed by atoms with van der Waals surface area (Å²) in [7, 11) is 1.64. The molecule has 10 nitrogen and oxygen atoms in total. The first-order valence-corrected chi connectivity index (χ1v) is 13.9. The maximum atomic E-state index is 13.1. The van der Waals surface area contributed by atoms with Crippen molar-refractivity contribution in [2.75, 3.05) is 26.7 Å². The average molecular weight is 631 g/mol. The molecule has 13 heteroatoms. The zero-order valence-corrected chi connectivity index (χ0v) is 24.5. The summed E-state index contributed by atoms with van der Waals surface area (Å²) in [6.07, 6.45) is -1.32. The number of carboxylic acids is 4. The molecule has 0 fully saturated rings. The van der Waals surface area contributed by atoms with Gasteiger partial charge in [-0.25, -0.2) is 19.2 Å². The van der Waals surface area contributed by atoms with Crippen LogP contribution in [-0.4, -0.2) is 80.8 Å². The largest absolute Gasteiger partial charge is 0.478 e. The molecule has 4 rings (SSSR count). The molecule has 4 N–H and O–H groups in total. The number of allylic oxidation sites excluding steroid dienone is 1. The van der Waals surface area contributed by atoms with Crippen LogP contribution in [0.5, 0.6) is 0 Å². The molecule has 0 aliphatic carbocycles. The first-order valence-electron chi connectivity index (χ1n) is 13.9. The SMILES string of the molecule is CC1=C(C(=O)O)C(c2ccc(C(F)(F)F)cc2)C(C(=O)O)=C(CCN2CCc3ccccc3CC2)N1C.O=C(O)C=CC(=O)O. The van der Waals surface area contributed by atoms with Crippen molar-refractivity contribution in [2.24, 2.45) is 0 Å². The summed E-state index contributed by atoms with van der Waals surface area (Å²) in [4.78, 5) is 47.8. The van der Waals surface area contributed by atoms with Crippen LogP contribution in [0.1, 0.15) is 41.5 Å². The zero-order valence-electron chi connectivity index (χ0n) is 24.5. The van der Waals surface area contributed by atoms with Crippen LogP contribution in [0.15, 0.2) is 83.2 Å². The third-order valence-electron chi connectivity index (χ3n) is 7.76. The number of carbonyl (C=O) groups is 4. The zero-order chi connectivity index (χ0) is 33.5. The predicted octanol–water partition coefficient (Wildman–Crippen LogP) is 4.63. The van der Waals surface area contributed by atoms with Gasteiger partial charge in [-0.05, 0) is 48.6 Å². The van der Waals surface area contributed by atoms with Crippen molar-refractivity contribution in [3.63, 3.8) is 0 Å². The van der Waals surface area contributed by atoms with Gasteiger partial charge in [-0.2, -0.15) is 13.2 Å². The topological polar surface area (TPSA) is 156 Å². The number of hydrogen-bond donors (Lipinski definition) is 4. The van der Waals surface area contributed by atoms with Crippen LogP contribution in [0.25, 0.3) is 0 Å². The van der Waals surface area contributed by atoms with Gasteiger partial charge >= 0.3 is 30.1 Å². The van der Waals surface area contributed by atoms with Gasteiger partial charge in [0.15, 0.2) is 0 Å². The molecule has 0 saturated carbocycles. The van der Waals surface area contributed by atoms with Crippen LogP contribution in [0.3, 0.4) is 0 Å². The number of nitrogens with zero attached hydrogens (tertiary/aromatic N) is 2. The molecule has 2 aliphatic rings. The molecule has 240 valence electrons. The molecule has 0 saturated heterocycles. The van der Waals surface area contributed by atoms with Crippen molar-refractivity contribution in [1.29, 1.82) is 0 Å². The molecule has 0 amide bonds. The molecule has 2 heterocycles. The number of hydrogen-bond acceptors (Lipinski definition) is 6. The second-order valence-corrected chi connectivity index (χ2v) is 10.5. The van der Waals surface area contributed by atoms with Crippen LogP contribution >= 0.6 is 0 Å². The highest BCUT2D eigenvalue weighted by molar-refractivity contribution is 5.98. The van der Waals surface area contributed by atoms with Gasteiger partial charge in [0.2, 0.25) is 0 Å². The number of carboxylic acid groups (broad SMARTS) is 4. The van der Waals surface area contributed by atoms with E-state index in [1.165, 1.54) is 23.3 Å². The molecule has 2 aromatic rings. The average Bonchev–Trinajstić information content (AvgIpc) is 3.18. The summed E-state index contributed by atoms with van der Waals surface area (Å²) in [5, 5.41) is 35.8. The Balaban J connectivity index is 0.000000610. The smallest absolute Gasteiger partial charge is 0.416 e. The molecule has 2 aromatic carbocycles. The Hall–Kier alpha value is -4.91. The van der Waals surface area contributed by atoms with Crippen LogP contribution in [0.2, 0.25) is 0 Å². The predicted molar refractivity (Wildman–Crippen MR) is 156 cm³/mol. The maximum absolute atomic E-state index is 13.1. The molecule has 1 unspecified atom stereocenters. The fraction of sp³-hybridized carbons (Fsp3) is 0.312. The van der Waals surface area contributed by atoms with Crippen molar-refractivity contribution in [2.45, 2.75) is 38.3 Å². The summed E-state index contributed by atoms with van der Waals surface area (Å²) in [5.41, 5.74) is 2.46. The van der Waals surface area contributed by atoms with Gasteiger partial charge in [0.1, 0.15) is 0 Å². The van der Waals surface area contributed by atoms with Crippen LogP contribution < -0.4 is 0 Å². The highest BCUT2D eigenvalue weighted by atomic mass is 19.4. The molecule has 0 aromatic heterocycles. The van der Waals surface area contributed by atoms with Crippen molar-refractivity contribution in [3.8, 4) is 0 Å². The van der Waals surface area contributed by atoms with Crippen molar-refractivity contribution in [3.05, 3.63) is 105 Å². The lowest BCUT2D eigenvalue weighted by atomic mass is 9.79. The molecule has 0 spiro atoms. The standard InChI is InChI=1S/C28H29F3N2O4.C4H4O4/c1-17-23(26(34)35)24(20-7-9-21(10-8-20)28(29,30)31)25(27(36)37)22(32(17)2)13-16-33-14-11-18-5-3-4-6-19(18)12-15-33;5-3(6)1-2-4(7)8/h3-10,24H,11-16H2,1-2H3,(H,34,35)(H,36,37);1-2H,(H,5,6)(H,7,8). The Morgan fingerprint density at radius 3 is 1.73 bits per heavy atom. The van der Waals surface area contributed by atoms with Crippen molar-refractivity contribution in [1.82, 2.24) is 9.80 Å². The highest BCUT2D eigenvalue weighted by Crippen LogP contribution is 2.43. The monoisotopic (exact) mass is 630 g/mol. The Bertz CT molecular complexity index is 1500. The number of halogens is 3. The van der Waals surface area contributed by atoms with Gasteiger partial charge < -0.3 is 30.2 Å². The van der Waals surface area contributed by atoms with E-state index in [0.29, 0.717) is 36.5 Å². The number of aliphatic carboxylic acids is 4. The minimum Gasteiger partial charge on any atom is -0.478 e. The summed E-state index contributed by atoms with van der Waals surface area (Å²) in [6, 6.07) is 12.3. The molecule has 2 aliphatic heterocycles. The summed E-state index contributed by atoms with van der Waals surface area (Å²) in [5.74, 6) is -6.31. The number of benzene rings is 2. The molecule has 45 heavy (non-hydrogen) atoms. The van der Waals surface area contributed by atoms with Gasteiger partial charge in [-0.1, -0.05) is 36.4 Å². The lowest BCUT2D eigenvalue weighted by Gasteiger charge is -2.37. The van der Waals surface area contributed by atoms with E-state index in [9.17, 15) is 42.6 Å². The summed E-state index contributed by atoms with van der Waals surface area (Å²) < 4.78 is 39.4. The molecule has 1 atom stereocenters. The van der Waals surface area contributed by atoms with Gasteiger partial charge in [-0.3, -0.25) is 0 Å². The summed E-state index contributed by atoms with van der Waals surface area (Å²) in [6.45, 7) is 3.80. The van der Waals surface area contributed by atoms with Gasteiger partial charge in [0, 0.05) is 56.6 Å². The first kappa shape index (κ1) is 34.6. The molecule has 0 radical (unpaired) electrons. The van der Waals surface area contributed by atoms with E-state index >= 15 is 0 Å². The quantitative estimate of drug-likeness (QED) is 0.303. The fourth-order valence-electron chi connectivity index (χ4n) is 5.45. The minimum absolute atomic E-state index is 0.122. The Kier molecular flexibility index (Phi) is 11.3. The lowest BCUT2D eigenvalue weighted by molar-refractivity contribution is -0.138. The third-order valence-corrected chi connectivity index (χ3v) is 7.76. The Morgan fingerprint density at radius 2 is 1.31 bits per heavy atom. The molecule has 0 bridgehead atoms. The van der Waals surface area contributed by atoms with E-state index in [-0.39, 0.29) is 16.7 Å². The summed E-state index contributed by atoms with van der Waals surface area (Å²) >= 11 is 0. The number of rotatable bonds is 8. The van der Waals surface area contributed by atoms with E-state index in [2.05, 4.69) is 17.0 Å². The van der Waals surface area contributed by atoms with Crippen LogP contribution in [0.4, 0.5) is 13.2 Å². The number of fused-ring (bicyclic) bond motifs is 1. The second kappa shape index (κ2) is 14.7. The Labute approximate surface area is 257 Å². The van der Waals surface area contributed by atoms with Crippen molar-refractivity contribution >= 4 is 23.9 Å². The van der Waals surface area contributed by atoms with Crippen molar-refractivity contribution < 1.29 is 52.8 Å². The number of alkyl halides is 3. The Morgan fingerprint density at radius 1 is 0.822 bits per heavy atom. The normalized spacial score (nSPS) is 17.4. The molecular weight excluding hydrogens is 597 g/mol.